The zero-order valence-corrected chi connectivity index (χ0v) is 12.4. The Hall–Kier alpha value is -2.33. The van der Waals surface area contributed by atoms with Crippen LogP contribution in [0, 0.1) is 0 Å². The molecule has 4 heteroatoms. The molecule has 22 heavy (non-hydrogen) atoms. The fourth-order valence-electron chi connectivity index (χ4n) is 2.68. The molecule has 0 bridgehead atoms. The van der Waals surface area contributed by atoms with Gasteiger partial charge in [-0.2, -0.15) is 0 Å². The second kappa shape index (κ2) is 7.09. The molecule has 0 aliphatic carbocycles. The molecule has 0 spiro atoms. The lowest BCUT2D eigenvalue weighted by atomic mass is 9.98. The van der Waals surface area contributed by atoms with Crippen molar-refractivity contribution in [2.75, 3.05) is 18.6 Å². The Morgan fingerprint density at radius 2 is 1.91 bits per heavy atom. The van der Waals surface area contributed by atoms with Crippen LogP contribution in [-0.2, 0) is 16.1 Å². The van der Waals surface area contributed by atoms with Crippen molar-refractivity contribution in [2.24, 2.45) is 0 Å². The van der Waals surface area contributed by atoms with Crippen molar-refractivity contribution >= 4 is 11.7 Å². The minimum absolute atomic E-state index is 0.264. The zero-order valence-electron chi connectivity index (χ0n) is 12.4. The molecule has 2 N–H and O–H groups in total. The largest absolute Gasteiger partial charge is 0.343 e. The van der Waals surface area contributed by atoms with Crippen LogP contribution in [-0.4, -0.2) is 19.1 Å². The van der Waals surface area contributed by atoms with Gasteiger partial charge >= 0.3 is 5.97 Å². The molecule has 0 amide bonds. The van der Waals surface area contributed by atoms with Gasteiger partial charge in [-0.15, -0.1) is 0 Å². The van der Waals surface area contributed by atoms with Gasteiger partial charge in [0, 0.05) is 6.54 Å². The summed E-state index contributed by atoms with van der Waals surface area (Å²) in [5, 5.41) is 3.36. The van der Waals surface area contributed by atoms with E-state index in [2.05, 4.69) is 22.9 Å². The molecule has 1 atom stereocenters. The Morgan fingerprint density at radius 3 is 2.59 bits per heavy atom. The summed E-state index contributed by atoms with van der Waals surface area (Å²) in [5.41, 5.74) is 5.77. The summed E-state index contributed by atoms with van der Waals surface area (Å²) in [4.78, 5) is 16.9. The lowest BCUT2D eigenvalue weighted by Crippen LogP contribution is -2.13. The third-order valence-corrected chi connectivity index (χ3v) is 3.92. The van der Waals surface area contributed by atoms with Crippen molar-refractivity contribution in [1.29, 1.82) is 0 Å². The Kier molecular flexibility index (Phi) is 4.71. The topological polar surface area (TPSA) is 50.4 Å². The molecule has 2 aromatic rings. The summed E-state index contributed by atoms with van der Waals surface area (Å²) in [7, 11) is 0. The van der Waals surface area contributed by atoms with Gasteiger partial charge in [-0.25, -0.2) is 10.3 Å². The van der Waals surface area contributed by atoms with Crippen LogP contribution in [0.3, 0.4) is 0 Å². The number of rotatable bonds is 5. The van der Waals surface area contributed by atoms with E-state index in [1.165, 1.54) is 12.0 Å². The maximum atomic E-state index is 11.8. The van der Waals surface area contributed by atoms with Crippen molar-refractivity contribution in [2.45, 2.75) is 18.8 Å². The fourth-order valence-corrected chi connectivity index (χ4v) is 2.68. The number of nitrogens with one attached hydrogen (secondary N) is 2. The van der Waals surface area contributed by atoms with Gasteiger partial charge in [0.25, 0.3) is 0 Å². The SMILES string of the molecule is O=C(Cc1ccccc1)ONc1ccc(C2CCNC2)cc1. The van der Waals surface area contributed by atoms with Gasteiger partial charge in [0.2, 0.25) is 0 Å². The first-order valence-electron chi connectivity index (χ1n) is 7.61. The van der Waals surface area contributed by atoms with Crippen LogP contribution in [0.15, 0.2) is 54.6 Å². The number of hydrogen-bond donors (Lipinski definition) is 2. The van der Waals surface area contributed by atoms with Crippen molar-refractivity contribution in [3.05, 3.63) is 65.7 Å². The molecule has 1 unspecified atom stereocenters. The molecule has 0 radical (unpaired) electrons. The Balaban J connectivity index is 1.49. The quantitative estimate of drug-likeness (QED) is 0.833. The van der Waals surface area contributed by atoms with Crippen molar-refractivity contribution < 1.29 is 9.63 Å². The minimum Gasteiger partial charge on any atom is -0.343 e. The molecule has 1 heterocycles. The summed E-state index contributed by atoms with van der Waals surface area (Å²) in [6.07, 6.45) is 1.44. The molecule has 0 saturated carbocycles. The van der Waals surface area contributed by atoms with Crippen LogP contribution in [0.5, 0.6) is 0 Å². The van der Waals surface area contributed by atoms with Crippen LogP contribution in [0.4, 0.5) is 5.69 Å². The van der Waals surface area contributed by atoms with Crippen molar-refractivity contribution in [3.63, 3.8) is 0 Å². The van der Waals surface area contributed by atoms with Gasteiger partial charge in [-0.1, -0.05) is 42.5 Å². The lowest BCUT2D eigenvalue weighted by Gasteiger charge is -2.11. The van der Waals surface area contributed by atoms with Crippen LogP contribution < -0.4 is 10.8 Å². The second-order valence-corrected chi connectivity index (χ2v) is 5.55. The Labute approximate surface area is 130 Å². The van der Waals surface area contributed by atoms with E-state index in [4.69, 9.17) is 4.84 Å². The number of carbonyl (C=O) groups excluding carboxylic acids is 1. The molecular weight excluding hydrogens is 276 g/mol. The monoisotopic (exact) mass is 296 g/mol. The molecule has 2 aromatic carbocycles. The highest BCUT2D eigenvalue weighted by Gasteiger charge is 2.16. The summed E-state index contributed by atoms with van der Waals surface area (Å²) in [6.45, 7) is 2.13. The normalized spacial score (nSPS) is 17.2. The van der Waals surface area contributed by atoms with Crippen LogP contribution in [0.2, 0.25) is 0 Å². The molecule has 1 fully saturated rings. The predicted molar refractivity (Wildman–Crippen MR) is 86.5 cm³/mol. The molecule has 1 aliphatic heterocycles. The number of benzene rings is 2. The highest BCUT2D eigenvalue weighted by Crippen LogP contribution is 2.23. The first-order valence-corrected chi connectivity index (χ1v) is 7.61. The summed E-state index contributed by atoms with van der Waals surface area (Å²) < 4.78 is 0. The third-order valence-electron chi connectivity index (χ3n) is 3.92. The van der Waals surface area contributed by atoms with Gasteiger partial charge in [0.05, 0.1) is 12.1 Å². The van der Waals surface area contributed by atoms with Crippen molar-refractivity contribution in [1.82, 2.24) is 5.32 Å². The molecule has 1 aliphatic rings. The maximum absolute atomic E-state index is 11.8. The number of carbonyl (C=O) groups is 1. The van der Waals surface area contributed by atoms with Crippen LogP contribution in [0.1, 0.15) is 23.5 Å². The Bertz CT molecular complexity index is 605. The molecule has 4 nitrogen and oxygen atoms in total. The van der Waals surface area contributed by atoms with E-state index in [0.29, 0.717) is 5.92 Å². The summed E-state index contributed by atoms with van der Waals surface area (Å²) in [6, 6.07) is 17.6. The lowest BCUT2D eigenvalue weighted by molar-refractivity contribution is -0.139. The first kappa shape index (κ1) is 14.6. The molecule has 0 aromatic heterocycles. The summed E-state index contributed by atoms with van der Waals surface area (Å²) in [5.74, 6) is 0.296. The van der Waals surface area contributed by atoms with Gasteiger partial charge in [-0.3, -0.25) is 0 Å². The van der Waals surface area contributed by atoms with Crippen molar-refractivity contribution in [3.8, 4) is 0 Å². The highest BCUT2D eigenvalue weighted by atomic mass is 16.7. The van der Waals surface area contributed by atoms with E-state index in [0.717, 1.165) is 24.3 Å². The van der Waals surface area contributed by atoms with Crippen LogP contribution in [0.25, 0.3) is 0 Å². The highest BCUT2D eigenvalue weighted by molar-refractivity contribution is 5.73. The van der Waals surface area contributed by atoms with Gasteiger partial charge < -0.3 is 10.2 Å². The van der Waals surface area contributed by atoms with E-state index < -0.39 is 0 Å². The molecular formula is C18H20N2O2. The third kappa shape index (κ3) is 3.86. The van der Waals surface area contributed by atoms with E-state index in [1.807, 2.05) is 42.5 Å². The first-order chi connectivity index (χ1) is 10.8. The maximum Gasteiger partial charge on any atom is 0.336 e. The molecule has 1 saturated heterocycles. The fraction of sp³-hybridized carbons (Fsp3) is 0.278. The standard InChI is InChI=1S/C18H20N2O2/c21-18(12-14-4-2-1-3-5-14)22-20-17-8-6-15(7-9-17)16-10-11-19-13-16/h1-9,16,19-20H,10-13H2. The van der Waals surface area contributed by atoms with Gasteiger partial charge in [0.15, 0.2) is 0 Å². The summed E-state index contributed by atoms with van der Waals surface area (Å²) >= 11 is 0. The number of anilines is 1. The molecule has 114 valence electrons. The average Bonchev–Trinajstić information content (AvgIpc) is 3.09. The number of hydrogen-bond acceptors (Lipinski definition) is 4. The zero-order chi connectivity index (χ0) is 15.2. The smallest absolute Gasteiger partial charge is 0.336 e. The van der Waals surface area contributed by atoms with E-state index >= 15 is 0 Å². The van der Waals surface area contributed by atoms with E-state index in [-0.39, 0.29) is 12.4 Å². The molecule has 3 rings (SSSR count). The predicted octanol–water partition coefficient (Wildman–Crippen LogP) is 2.88. The van der Waals surface area contributed by atoms with E-state index in [1.54, 1.807) is 0 Å². The van der Waals surface area contributed by atoms with Crippen LogP contribution >= 0.6 is 0 Å². The second-order valence-electron chi connectivity index (χ2n) is 5.55. The van der Waals surface area contributed by atoms with E-state index in [9.17, 15) is 4.79 Å². The van der Waals surface area contributed by atoms with Gasteiger partial charge in [0.1, 0.15) is 0 Å². The van der Waals surface area contributed by atoms with Gasteiger partial charge in [-0.05, 0) is 42.1 Å². The minimum atomic E-state index is -0.296. The Morgan fingerprint density at radius 1 is 1.14 bits per heavy atom. The average molecular weight is 296 g/mol.